The highest BCUT2D eigenvalue weighted by Gasteiger charge is 2.21. The maximum atomic E-state index is 2.36. The lowest BCUT2D eigenvalue weighted by Crippen LogP contribution is -2.01. The zero-order valence-electron chi connectivity index (χ0n) is 14.7. The minimum atomic E-state index is 0.574. The summed E-state index contributed by atoms with van der Waals surface area (Å²) in [6.07, 6.45) is 10.4. The van der Waals surface area contributed by atoms with Crippen molar-refractivity contribution in [2.45, 2.75) is 33.1 Å². The van der Waals surface area contributed by atoms with Crippen LogP contribution < -0.4 is 0 Å². The molecule has 2 aromatic carbocycles. The molecule has 0 saturated heterocycles. The first-order valence-corrected chi connectivity index (χ1v) is 8.93. The summed E-state index contributed by atoms with van der Waals surface area (Å²) in [5.41, 5.74) is 9.74. The quantitative estimate of drug-likeness (QED) is 0.596. The van der Waals surface area contributed by atoms with Crippen molar-refractivity contribution in [2.24, 2.45) is 5.92 Å². The summed E-state index contributed by atoms with van der Waals surface area (Å²) in [5.74, 6) is 1.23. The summed E-state index contributed by atoms with van der Waals surface area (Å²) in [6.45, 7) is 6.80. The molecule has 0 amide bonds. The van der Waals surface area contributed by atoms with Crippen molar-refractivity contribution < 1.29 is 0 Å². The Kier molecular flexibility index (Phi) is 3.76. The predicted molar refractivity (Wildman–Crippen MR) is 105 cm³/mol. The van der Waals surface area contributed by atoms with E-state index in [1.807, 2.05) is 0 Å². The molecular weight excluding hydrogens is 288 g/mol. The Balaban J connectivity index is 1.65. The second kappa shape index (κ2) is 5.94. The van der Waals surface area contributed by atoms with Crippen molar-refractivity contribution >= 4 is 17.2 Å². The molecule has 1 unspecified atom stereocenters. The van der Waals surface area contributed by atoms with Gasteiger partial charge in [-0.15, -0.1) is 0 Å². The maximum absolute atomic E-state index is 2.36. The van der Waals surface area contributed by atoms with Gasteiger partial charge in [0.05, 0.1) is 0 Å². The van der Waals surface area contributed by atoms with Crippen LogP contribution in [-0.4, -0.2) is 0 Å². The molecule has 2 aromatic rings. The fraction of sp³-hybridized carbons (Fsp3) is 0.250. The third kappa shape index (κ3) is 2.57. The van der Waals surface area contributed by atoms with E-state index >= 15 is 0 Å². The van der Waals surface area contributed by atoms with Crippen LogP contribution in [-0.2, 0) is 0 Å². The molecule has 0 nitrogen and oxygen atoms in total. The highest BCUT2D eigenvalue weighted by atomic mass is 14.3. The summed E-state index contributed by atoms with van der Waals surface area (Å²) in [7, 11) is 0. The second-order valence-electron chi connectivity index (χ2n) is 7.32. The summed E-state index contributed by atoms with van der Waals surface area (Å²) >= 11 is 0. The summed E-state index contributed by atoms with van der Waals surface area (Å²) in [4.78, 5) is 0. The lowest BCUT2D eigenvalue weighted by atomic mass is 9.89. The van der Waals surface area contributed by atoms with Crippen molar-refractivity contribution in [3.63, 3.8) is 0 Å². The Morgan fingerprint density at radius 1 is 1.04 bits per heavy atom. The molecule has 0 radical (unpaired) electrons. The van der Waals surface area contributed by atoms with Crippen LogP contribution in [0.2, 0.25) is 0 Å². The van der Waals surface area contributed by atoms with Crippen LogP contribution in [0.25, 0.3) is 17.2 Å². The van der Waals surface area contributed by atoms with Crippen LogP contribution >= 0.6 is 0 Å². The van der Waals surface area contributed by atoms with Crippen LogP contribution in [0.4, 0.5) is 0 Å². The normalized spacial score (nSPS) is 18.8. The van der Waals surface area contributed by atoms with Crippen molar-refractivity contribution in [2.75, 3.05) is 0 Å². The van der Waals surface area contributed by atoms with Gasteiger partial charge in [0.25, 0.3) is 0 Å². The molecule has 0 bridgehead atoms. The lowest BCUT2D eigenvalue weighted by Gasteiger charge is -2.15. The van der Waals surface area contributed by atoms with E-state index in [4.69, 9.17) is 0 Å². The molecule has 0 fully saturated rings. The molecule has 0 saturated carbocycles. The molecule has 24 heavy (non-hydrogen) atoms. The first-order chi connectivity index (χ1) is 11.6. The molecule has 1 atom stereocenters. The van der Waals surface area contributed by atoms with Gasteiger partial charge in [0.15, 0.2) is 0 Å². The van der Waals surface area contributed by atoms with Gasteiger partial charge in [-0.05, 0) is 64.3 Å². The predicted octanol–water partition coefficient (Wildman–Crippen LogP) is 6.63. The van der Waals surface area contributed by atoms with Crippen LogP contribution in [0.15, 0.2) is 60.7 Å². The molecule has 0 N–H and O–H groups in total. The van der Waals surface area contributed by atoms with Gasteiger partial charge in [0.2, 0.25) is 0 Å². The van der Waals surface area contributed by atoms with E-state index in [0.29, 0.717) is 11.8 Å². The van der Waals surface area contributed by atoms with Gasteiger partial charge in [0.1, 0.15) is 0 Å². The number of hydrogen-bond donors (Lipinski definition) is 0. The SMILES string of the molecule is Cc1ccccc1C1=CC(c2ccc3c(c2)C=CC3C(C)C)=CC1. The smallest absolute Gasteiger partial charge is 0.00502 e. The van der Waals surface area contributed by atoms with E-state index in [1.165, 1.54) is 39.0 Å². The Bertz CT molecular complexity index is 875. The van der Waals surface area contributed by atoms with Crippen LogP contribution in [0.1, 0.15) is 54.0 Å². The third-order valence-electron chi connectivity index (χ3n) is 5.34. The Morgan fingerprint density at radius 3 is 2.67 bits per heavy atom. The van der Waals surface area contributed by atoms with Crippen LogP contribution in [0.3, 0.4) is 0 Å². The first kappa shape index (κ1) is 15.2. The van der Waals surface area contributed by atoms with Crippen molar-refractivity contribution in [3.8, 4) is 0 Å². The Labute approximate surface area is 145 Å². The average Bonchev–Trinajstić information content (AvgIpc) is 3.21. The van der Waals surface area contributed by atoms with Gasteiger partial charge in [0, 0.05) is 5.92 Å². The molecule has 120 valence electrons. The zero-order chi connectivity index (χ0) is 16.7. The zero-order valence-corrected chi connectivity index (χ0v) is 14.7. The summed E-state index contributed by atoms with van der Waals surface area (Å²) in [5, 5.41) is 0. The van der Waals surface area contributed by atoms with Crippen LogP contribution in [0, 0.1) is 12.8 Å². The number of rotatable bonds is 3. The standard InChI is InChI=1S/C24H24/c1-16(2)22-12-11-21-15-19(10-13-24(21)22)18-8-9-20(14-18)23-7-5-4-6-17(23)3/h4-8,10-16,22H,9H2,1-3H3. The monoisotopic (exact) mass is 312 g/mol. The molecule has 2 aliphatic carbocycles. The van der Waals surface area contributed by atoms with Gasteiger partial charge in [-0.3, -0.25) is 0 Å². The number of hydrogen-bond acceptors (Lipinski definition) is 0. The molecular formula is C24H24. The minimum absolute atomic E-state index is 0.574. The maximum Gasteiger partial charge on any atom is 0.00502 e. The molecule has 0 aliphatic heterocycles. The van der Waals surface area contributed by atoms with Gasteiger partial charge in [-0.1, -0.05) is 74.5 Å². The number of fused-ring (bicyclic) bond motifs is 1. The molecule has 0 heteroatoms. The molecule has 0 spiro atoms. The summed E-state index contributed by atoms with van der Waals surface area (Å²) < 4.78 is 0. The Hall–Kier alpha value is -2.34. The highest BCUT2D eigenvalue weighted by Crippen LogP contribution is 2.39. The minimum Gasteiger partial charge on any atom is -0.0761 e. The first-order valence-electron chi connectivity index (χ1n) is 8.93. The molecule has 2 aliphatic rings. The van der Waals surface area contributed by atoms with E-state index in [9.17, 15) is 0 Å². The highest BCUT2D eigenvalue weighted by molar-refractivity contribution is 5.90. The van der Waals surface area contributed by atoms with E-state index in [-0.39, 0.29) is 0 Å². The molecule has 0 aromatic heterocycles. The largest absolute Gasteiger partial charge is 0.0761 e. The van der Waals surface area contributed by atoms with E-state index in [2.05, 4.69) is 87.5 Å². The number of benzene rings is 2. The topological polar surface area (TPSA) is 0 Å². The fourth-order valence-electron chi connectivity index (χ4n) is 3.94. The van der Waals surface area contributed by atoms with Crippen LogP contribution in [0.5, 0.6) is 0 Å². The van der Waals surface area contributed by atoms with E-state index in [1.54, 1.807) is 0 Å². The van der Waals surface area contributed by atoms with Crippen molar-refractivity contribution in [1.82, 2.24) is 0 Å². The van der Waals surface area contributed by atoms with Gasteiger partial charge in [-0.25, -0.2) is 0 Å². The number of aryl methyl sites for hydroxylation is 1. The van der Waals surface area contributed by atoms with Crippen molar-refractivity contribution in [3.05, 3.63) is 88.5 Å². The number of allylic oxidation sites excluding steroid dienone is 5. The Morgan fingerprint density at radius 2 is 1.88 bits per heavy atom. The third-order valence-corrected chi connectivity index (χ3v) is 5.34. The van der Waals surface area contributed by atoms with Gasteiger partial charge in [-0.2, -0.15) is 0 Å². The van der Waals surface area contributed by atoms with Crippen molar-refractivity contribution in [1.29, 1.82) is 0 Å². The van der Waals surface area contributed by atoms with Gasteiger partial charge >= 0.3 is 0 Å². The molecule has 4 rings (SSSR count). The second-order valence-corrected chi connectivity index (χ2v) is 7.32. The van der Waals surface area contributed by atoms with E-state index in [0.717, 1.165) is 6.42 Å². The summed E-state index contributed by atoms with van der Waals surface area (Å²) in [6, 6.07) is 15.7. The average molecular weight is 312 g/mol. The molecule has 0 heterocycles. The van der Waals surface area contributed by atoms with E-state index < -0.39 is 0 Å². The van der Waals surface area contributed by atoms with Gasteiger partial charge < -0.3 is 0 Å². The lowest BCUT2D eigenvalue weighted by molar-refractivity contribution is 0.584. The fourth-order valence-corrected chi connectivity index (χ4v) is 3.94.